The molecule has 0 fully saturated rings. The van der Waals surface area contributed by atoms with Crippen LogP contribution in [0.3, 0.4) is 0 Å². The first kappa shape index (κ1) is 13.7. The highest BCUT2D eigenvalue weighted by Gasteiger charge is 2.07. The first-order valence-electron chi connectivity index (χ1n) is 5.58. The van der Waals surface area contributed by atoms with E-state index in [1.54, 1.807) is 0 Å². The Morgan fingerprint density at radius 3 is 2.43 bits per heavy atom. The van der Waals surface area contributed by atoms with E-state index in [0.29, 0.717) is 0 Å². The van der Waals surface area contributed by atoms with Crippen molar-refractivity contribution in [2.75, 3.05) is 26.2 Å². The molecule has 0 aliphatic heterocycles. The van der Waals surface area contributed by atoms with Crippen LogP contribution < -0.4 is 5.32 Å². The number of hydrogen-bond donors (Lipinski definition) is 1. The van der Waals surface area contributed by atoms with Crippen LogP contribution in [0.15, 0.2) is 12.7 Å². The minimum absolute atomic E-state index is 0.246. The zero-order valence-electron chi connectivity index (χ0n) is 10.3. The van der Waals surface area contributed by atoms with Gasteiger partial charge < -0.3 is 5.32 Å². The molecule has 0 bridgehead atoms. The van der Waals surface area contributed by atoms with Crippen molar-refractivity contribution in [1.29, 1.82) is 0 Å². The van der Waals surface area contributed by atoms with Crippen molar-refractivity contribution in [2.24, 2.45) is 0 Å². The highest BCUT2D eigenvalue weighted by Crippen LogP contribution is 1.98. The third kappa shape index (κ3) is 8.27. The average molecular weight is 198 g/mol. The molecule has 0 atom stereocenters. The lowest BCUT2D eigenvalue weighted by atomic mass is 10.1. The summed E-state index contributed by atoms with van der Waals surface area (Å²) in [5.41, 5.74) is 0.246. The molecule has 0 aromatic rings. The SMILES string of the molecule is C=CCN(CC)CCCNC(C)(C)C. The van der Waals surface area contributed by atoms with Crippen molar-refractivity contribution in [3.8, 4) is 0 Å². The van der Waals surface area contributed by atoms with Gasteiger partial charge in [0.05, 0.1) is 0 Å². The Morgan fingerprint density at radius 1 is 1.36 bits per heavy atom. The Kier molecular flexibility index (Phi) is 6.85. The molecular formula is C12H26N2. The van der Waals surface area contributed by atoms with Crippen molar-refractivity contribution in [3.05, 3.63) is 12.7 Å². The van der Waals surface area contributed by atoms with Gasteiger partial charge in [-0.15, -0.1) is 6.58 Å². The molecule has 0 spiro atoms. The first-order valence-corrected chi connectivity index (χ1v) is 5.58. The first-order chi connectivity index (χ1) is 6.49. The zero-order chi connectivity index (χ0) is 11.0. The van der Waals surface area contributed by atoms with Gasteiger partial charge in [-0.3, -0.25) is 4.90 Å². The van der Waals surface area contributed by atoms with E-state index in [-0.39, 0.29) is 5.54 Å². The number of likely N-dealkylation sites (N-methyl/N-ethyl adjacent to an activating group) is 1. The number of nitrogens with zero attached hydrogens (tertiary/aromatic N) is 1. The second-order valence-electron chi connectivity index (χ2n) is 4.71. The normalized spacial score (nSPS) is 12.1. The van der Waals surface area contributed by atoms with Gasteiger partial charge in [-0.1, -0.05) is 13.0 Å². The zero-order valence-corrected chi connectivity index (χ0v) is 10.3. The minimum atomic E-state index is 0.246. The molecule has 0 heterocycles. The molecule has 0 aliphatic rings. The van der Waals surface area contributed by atoms with E-state index in [4.69, 9.17) is 0 Å². The van der Waals surface area contributed by atoms with Gasteiger partial charge in [0.2, 0.25) is 0 Å². The van der Waals surface area contributed by atoms with Gasteiger partial charge in [-0.05, 0) is 46.8 Å². The van der Waals surface area contributed by atoms with Crippen molar-refractivity contribution in [1.82, 2.24) is 10.2 Å². The van der Waals surface area contributed by atoms with Crippen LogP contribution in [-0.2, 0) is 0 Å². The molecule has 0 unspecified atom stereocenters. The van der Waals surface area contributed by atoms with Gasteiger partial charge in [0.25, 0.3) is 0 Å². The second-order valence-corrected chi connectivity index (χ2v) is 4.71. The summed E-state index contributed by atoms with van der Waals surface area (Å²) < 4.78 is 0. The van der Waals surface area contributed by atoms with Crippen LogP contribution in [0.5, 0.6) is 0 Å². The molecule has 0 aromatic carbocycles. The Bertz CT molecular complexity index is 147. The molecule has 0 aromatic heterocycles. The largest absolute Gasteiger partial charge is 0.312 e. The second kappa shape index (κ2) is 7.02. The summed E-state index contributed by atoms with van der Waals surface area (Å²) in [5, 5.41) is 3.49. The summed E-state index contributed by atoms with van der Waals surface area (Å²) in [6, 6.07) is 0. The molecular weight excluding hydrogens is 172 g/mol. The van der Waals surface area contributed by atoms with Gasteiger partial charge in [0, 0.05) is 12.1 Å². The van der Waals surface area contributed by atoms with Gasteiger partial charge >= 0.3 is 0 Å². The summed E-state index contributed by atoms with van der Waals surface area (Å²) in [7, 11) is 0. The minimum Gasteiger partial charge on any atom is -0.312 e. The monoisotopic (exact) mass is 198 g/mol. The van der Waals surface area contributed by atoms with Crippen LogP contribution in [0.2, 0.25) is 0 Å². The third-order valence-corrected chi connectivity index (χ3v) is 2.14. The van der Waals surface area contributed by atoms with E-state index in [1.165, 1.54) is 6.42 Å². The quantitative estimate of drug-likeness (QED) is 0.499. The van der Waals surface area contributed by atoms with Crippen LogP contribution in [0.25, 0.3) is 0 Å². The molecule has 0 saturated carbocycles. The lowest BCUT2D eigenvalue weighted by Crippen LogP contribution is -2.37. The summed E-state index contributed by atoms with van der Waals surface area (Å²) in [4.78, 5) is 2.40. The standard InChI is InChI=1S/C12H26N2/c1-6-10-14(7-2)11-8-9-13-12(3,4)5/h6,13H,1,7-11H2,2-5H3. The predicted octanol–water partition coefficient (Wildman–Crippen LogP) is 2.27. The van der Waals surface area contributed by atoms with Gasteiger partial charge in [0.1, 0.15) is 0 Å². The third-order valence-electron chi connectivity index (χ3n) is 2.14. The Balaban J connectivity index is 3.46. The molecule has 0 rings (SSSR count). The molecule has 0 radical (unpaired) electrons. The van der Waals surface area contributed by atoms with E-state index in [2.05, 4.69) is 44.5 Å². The van der Waals surface area contributed by atoms with Gasteiger partial charge in [0.15, 0.2) is 0 Å². The summed E-state index contributed by atoms with van der Waals surface area (Å²) >= 11 is 0. The lowest BCUT2D eigenvalue weighted by Gasteiger charge is -2.22. The number of rotatable bonds is 7. The molecule has 2 heteroatoms. The smallest absolute Gasteiger partial charge is 0.0160 e. The van der Waals surface area contributed by atoms with E-state index < -0.39 is 0 Å². The topological polar surface area (TPSA) is 15.3 Å². The summed E-state index contributed by atoms with van der Waals surface area (Å²) in [6.45, 7) is 16.9. The van der Waals surface area contributed by atoms with Crippen LogP contribution in [-0.4, -0.2) is 36.6 Å². The van der Waals surface area contributed by atoms with E-state index >= 15 is 0 Å². The molecule has 0 saturated heterocycles. The predicted molar refractivity (Wildman–Crippen MR) is 64.7 cm³/mol. The van der Waals surface area contributed by atoms with Gasteiger partial charge in [-0.2, -0.15) is 0 Å². The summed E-state index contributed by atoms with van der Waals surface area (Å²) in [6.07, 6.45) is 3.18. The molecule has 1 N–H and O–H groups in total. The number of hydrogen-bond acceptors (Lipinski definition) is 2. The molecule has 0 aliphatic carbocycles. The van der Waals surface area contributed by atoms with Crippen LogP contribution in [0.1, 0.15) is 34.1 Å². The Morgan fingerprint density at radius 2 is 2.00 bits per heavy atom. The highest BCUT2D eigenvalue weighted by molar-refractivity contribution is 4.74. The van der Waals surface area contributed by atoms with E-state index in [9.17, 15) is 0 Å². The molecule has 84 valence electrons. The Labute approximate surface area is 89.4 Å². The van der Waals surface area contributed by atoms with Crippen LogP contribution in [0.4, 0.5) is 0 Å². The highest BCUT2D eigenvalue weighted by atomic mass is 15.1. The van der Waals surface area contributed by atoms with Crippen molar-refractivity contribution in [3.63, 3.8) is 0 Å². The maximum absolute atomic E-state index is 3.76. The van der Waals surface area contributed by atoms with Crippen molar-refractivity contribution < 1.29 is 0 Å². The van der Waals surface area contributed by atoms with Crippen molar-refractivity contribution in [2.45, 2.75) is 39.7 Å². The summed E-state index contributed by atoms with van der Waals surface area (Å²) in [5.74, 6) is 0. The van der Waals surface area contributed by atoms with Crippen LogP contribution >= 0.6 is 0 Å². The fraction of sp³-hybridized carbons (Fsp3) is 0.833. The molecule has 2 nitrogen and oxygen atoms in total. The average Bonchev–Trinajstić information content (AvgIpc) is 2.08. The van der Waals surface area contributed by atoms with Gasteiger partial charge in [-0.25, -0.2) is 0 Å². The van der Waals surface area contributed by atoms with Crippen molar-refractivity contribution >= 4 is 0 Å². The molecule has 14 heavy (non-hydrogen) atoms. The lowest BCUT2D eigenvalue weighted by molar-refractivity contribution is 0.304. The maximum atomic E-state index is 3.76. The van der Waals surface area contributed by atoms with E-state index in [1.807, 2.05) is 6.08 Å². The fourth-order valence-corrected chi connectivity index (χ4v) is 1.33. The Hall–Kier alpha value is -0.340. The van der Waals surface area contributed by atoms with E-state index in [0.717, 1.165) is 26.2 Å². The number of nitrogens with one attached hydrogen (secondary N) is 1. The van der Waals surface area contributed by atoms with Crippen LogP contribution in [0, 0.1) is 0 Å². The molecule has 0 amide bonds. The maximum Gasteiger partial charge on any atom is 0.0160 e. The fourth-order valence-electron chi connectivity index (χ4n) is 1.33.